The van der Waals surface area contributed by atoms with Gasteiger partial charge < -0.3 is 5.73 Å². The molecule has 3 nitrogen and oxygen atoms in total. The number of hydrogen-bond acceptors (Lipinski definition) is 3. The predicted octanol–water partition coefficient (Wildman–Crippen LogP) is 2.23. The van der Waals surface area contributed by atoms with Crippen LogP contribution in [0.5, 0.6) is 0 Å². The second-order valence-corrected chi connectivity index (χ2v) is 3.86. The van der Waals surface area contributed by atoms with Crippen LogP contribution in [0.25, 0.3) is 10.2 Å². The van der Waals surface area contributed by atoms with Crippen LogP contribution in [0, 0.1) is 5.41 Å². The number of nitrogens with one attached hydrogen (secondary N) is 1. The zero-order valence-corrected chi connectivity index (χ0v) is 8.12. The zero-order valence-electron chi connectivity index (χ0n) is 6.54. The number of aromatic nitrogens is 1. The van der Waals surface area contributed by atoms with E-state index in [9.17, 15) is 0 Å². The molecule has 0 spiro atoms. The Kier molecular flexibility index (Phi) is 1.94. The van der Waals surface area contributed by atoms with Crippen molar-refractivity contribution in [1.29, 1.82) is 5.41 Å². The van der Waals surface area contributed by atoms with Gasteiger partial charge in [-0.1, -0.05) is 11.6 Å². The van der Waals surface area contributed by atoms with Crippen LogP contribution in [0.4, 0.5) is 0 Å². The summed E-state index contributed by atoms with van der Waals surface area (Å²) in [5.74, 6) is -0.0279. The number of nitrogen functional groups attached to an aromatic ring is 1. The third-order valence-electron chi connectivity index (χ3n) is 1.71. The highest BCUT2D eigenvalue weighted by molar-refractivity contribution is 7.16. The zero-order chi connectivity index (χ0) is 9.42. The van der Waals surface area contributed by atoms with Gasteiger partial charge in [0, 0.05) is 5.56 Å². The largest absolute Gasteiger partial charge is 0.384 e. The van der Waals surface area contributed by atoms with Crippen LogP contribution in [0.1, 0.15) is 5.56 Å². The minimum atomic E-state index is -0.0279. The Balaban J connectivity index is 2.76. The van der Waals surface area contributed by atoms with E-state index in [1.807, 2.05) is 0 Å². The molecule has 66 valence electrons. The number of hydrogen-bond donors (Lipinski definition) is 2. The SMILES string of the molecule is N=C(N)c1cc2ncsc2cc1Cl. The molecule has 0 fully saturated rings. The van der Waals surface area contributed by atoms with Crippen molar-refractivity contribution in [2.75, 3.05) is 0 Å². The molecule has 0 radical (unpaired) electrons. The highest BCUT2D eigenvalue weighted by atomic mass is 35.5. The Morgan fingerprint density at radius 3 is 3.00 bits per heavy atom. The molecule has 0 amide bonds. The van der Waals surface area contributed by atoms with E-state index in [4.69, 9.17) is 22.7 Å². The average Bonchev–Trinajstić information content (AvgIpc) is 2.48. The quantitative estimate of drug-likeness (QED) is 0.561. The van der Waals surface area contributed by atoms with Crippen LogP contribution in [-0.4, -0.2) is 10.8 Å². The highest BCUT2D eigenvalue weighted by Crippen LogP contribution is 2.25. The molecule has 0 aliphatic heterocycles. The molecule has 0 bridgehead atoms. The standard InChI is InChI=1S/C8H6ClN3S/c9-5-2-7-6(12-3-13-7)1-4(5)8(10)11/h1-3H,(H3,10,11). The number of rotatable bonds is 1. The molecule has 1 aromatic heterocycles. The molecule has 0 unspecified atom stereocenters. The minimum Gasteiger partial charge on any atom is -0.384 e. The number of nitrogens with two attached hydrogens (primary N) is 1. The molecule has 0 atom stereocenters. The van der Waals surface area contributed by atoms with Crippen molar-refractivity contribution in [2.45, 2.75) is 0 Å². The maximum atomic E-state index is 7.27. The van der Waals surface area contributed by atoms with Gasteiger partial charge in [-0.15, -0.1) is 11.3 Å². The third-order valence-corrected chi connectivity index (χ3v) is 2.81. The van der Waals surface area contributed by atoms with Gasteiger partial charge in [-0.3, -0.25) is 5.41 Å². The van der Waals surface area contributed by atoms with Crippen LogP contribution in [0.3, 0.4) is 0 Å². The van der Waals surface area contributed by atoms with E-state index in [0.29, 0.717) is 10.6 Å². The topological polar surface area (TPSA) is 62.8 Å². The van der Waals surface area contributed by atoms with Crippen LogP contribution in [0.2, 0.25) is 5.02 Å². The van der Waals surface area contributed by atoms with Gasteiger partial charge in [0.05, 0.1) is 20.7 Å². The molecule has 2 rings (SSSR count). The lowest BCUT2D eigenvalue weighted by Gasteiger charge is -2.00. The lowest BCUT2D eigenvalue weighted by Crippen LogP contribution is -2.11. The fraction of sp³-hybridized carbons (Fsp3) is 0. The molecule has 0 aliphatic carbocycles. The summed E-state index contributed by atoms with van der Waals surface area (Å²) in [5.41, 5.74) is 8.46. The molecule has 0 saturated heterocycles. The molecular weight excluding hydrogens is 206 g/mol. The van der Waals surface area contributed by atoms with Crippen molar-refractivity contribution in [3.63, 3.8) is 0 Å². The van der Waals surface area contributed by atoms with Crippen LogP contribution < -0.4 is 5.73 Å². The van der Waals surface area contributed by atoms with Gasteiger partial charge in [-0.2, -0.15) is 0 Å². The van der Waals surface area contributed by atoms with E-state index in [1.54, 1.807) is 17.6 Å². The minimum absolute atomic E-state index is 0.0279. The summed E-state index contributed by atoms with van der Waals surface area (Å²) < 4.78 is 1.01. The van der Waals surface area contributed by atoms with Crippen molar-refractivity contribution >= 4 is 39.0 Å². The van der Waals surface area contributed by atoms with Gasteiger partial charge >= 0.3 is 0 Å². The summed E-state index contributed by atoms with van der Waals surface area (Å²) in [6, 6.07) is 3.52. The first-order valence-electron chi connectivity index (χ1n) is 3.55. The third kappa shape index (κ3) is 1.38. The fourth-order valence-corrected chi connectivity index (χ4v) is 2.11. The van der Waals surface area contributed by atoms with Crippen molar-refractivity contribution < 1.29 is 0 Å². The number of thiazole rings is 1. The Morgan fingerprint density at radius 2 is 2.31 bits per heavy atom. The molecule has 1 heterocycles. The first-order chi connectivity index (χ1) is 6.18. The van der Waals surface area contributed by atoms with Crippen LogP contribution >= 0.6 is 22.9 Å². The number of halogens is 1. The first kappa shape index (κ1) is 8.47. The highest BCUT2D eigenvalue weighted by Gasteiger charge is 2.06. The van der Waals surface area contributed by atoms with E-state index in [0.717, 1.165) is 10.2 Å². The lowest BCUT2D eigenvalue weighted by molar-refractivity contribution is 1.42. The number of amidine groups is 1. The summed E-state index contributed by atoms with van der Waals surface area (Å²) in [7, 11) is 0. The second kappa shape index (κ2) is 2.97. The molecule has 13 heavy (non-hydrogen) atoms. The van der Waals surface area contributed by atoms with Gasteiger partial charge in [0.1, 0.15) is 5.84 Å². The Labute approximate surface area is 83.7 Å². The second-order valence-electron chi connectivity index (χ2n) is 2.57. The van der Waals surface area contributed by atoms with Gasteiger partial charge in [-0.25, -0.2) is 4.98 Å². The fourth-order valence-electron chi connectivity index (χ4n) is 1.09. The first-order valence-corrected chi connectivity index (χ1v) is 4.81. The van der Waals surface area contributed by atoms with E-state index in [1.165, 1.54) is 11.3 Å². The molecule has 3 N–H and O–H groups in total. The number of benzene rings is 1. The number of fused-ring (bicyclic) bond motifs is 1. The summed E-state index contributed by atoms with van der Waals surface area (Å²) in [6.07, 6.45) is 0. The van der Waals surface area contributed by atoms with Gasteiger partial charge in [0.2, 0.25) is 0 Å². The summed E-state index contributed by atoms with van der Waals surface area (Å²) in [4.78, 5) is 4.11. The Hall–Kier alpha value is -1.13. The molecular formula is C8H6ClN3S. The lowest BCUT2D eigenvalue weighted by atomic mass is 10.2. The van der Waals surface area contributed by atoms with E-state index >= 15 is 0 Å². The maximum Gasteiger partial charge on any atom is 0.124 e. The Bertz CT molecular complexity index is 477. The monoisotopic (exact) mass is 211 g/mol. The molecule has 5 heteroatoms. The van der Waals surface area contributed by atoms with Crippen molar-refractivity contribution in [3.05, 3.63) is 28.2 Å². The predicted molar refractivity (Wildman–Crippen MR) is 55.6 cm³/mol. The van der Waals surface area contributed by atoms with E-state index in [2.05, 4.69) is 4.98 Å². The molecule has 0 saturated carbocycles. The summed E-state index contributed by atoms with van der Waals surface area (Å²) in [6.45, 7) is 0. The van der Waals surface area contributed by atoms with Crippen LogP contribution in [-0.2, 0) is 0 Å². The number of nitrogens with zero attached hydrogens (tertiary/aromatic N) is 1. The van der Waals surface area contributed by atoms with Crippen molar-refractivity contribution in [1.82, 2.24) is 4.98 Å². The van der Waals surface area contributed by atoms with Crippen molar-refractivity contribution in [2.24, 2.45) is 5.73 Å². The average molecular weight is 212 g/mol. The smallest absolute Gasteiger partial charge is 0.124 e. The summed E-state index contributed by atoms with van der Waals surface area (Å²) in [5, 5.41) is 7.78. The molecule has 0 aliphatic rings. The van der Waals surface area contributed by atoms with E-state index < -0.39 is 0 Å². The Morgan fingerprint density at radius 1 is 1.54 bits per heavy atom. The van der Waals surface area contributed by atoms with Gasteiger partial charge in [0.25, 0.3) is 0 Å². The normalized spacial score (nSPS) is 10.5. The van der Waals surface area contributed by atoms with Crippen molar-refractivity contribution in [3.8, 4) is 0 Å². The maximum absolute atomic E-state index is 7.27. The van der Waals surface area contributed by atoms with Gasteiger partial charge in [0.15, 0.2) is 0 Å². The molecule has 2 aromatic rings. The molecule has 1 aromatic carbocycles. The summed E-state index contributed by atoms with van der Waals surface area (Å²) >= 11 is 7.43. The van der Waals surface area contributed by atoms with Gasteiger partial charge in [-0.05, 0) is 12.1 Å². The van der Waals surface area contributed by atoms with Crippen LogP contribution in [0.15, 0.2) is 17.6 Å². The van der Waals surface area contributed by atoms with E-state index in [-0.39, 0.29) is 5.84 Å².